The van der Waals surface area contributed by atoms with Crippen LogP contribution in [-0.4, -0.2) is 65.3 Å². The van der Waals surface area contributed by atoms with E-state index in [4.69, 9.17) is 9.47 Å². The van der Waals surface area contributed by atoms with Crippen molar-refractivity contribution in [3.05, 3.63) is 101 Å². The van der Waals surface area contributed by atoms with Gasteiger partial charge in [0.2, 0.25) is 0 Å². The maximum atomic E-state index is 13.4. The standard InChI is InChI=1S/C41H52N4O4/c1-28-37(26-45-16-14-44(15-17-45)25-29-6-3-2-4-7-29)48-39(49-38(28)34-12-10-30(27-46)11-13-34)35-8-5-9-36(21-35)42-40(47)43-41-22-31-18-32(23-41)20-33(19-31)24-41/h2-13,21,28,31-33,37-39,46H,14-20,22-27H2,1H3,(H2,42,43,47). The Labute approximate surface area is 291 Å². The minimum Gasteiger partial charge on any atom is -0.392 e. The average Bonchev–Trinajstić information content (AvgIpc) is 3.10. The molecule has 3 N–H and O–H groups in total. The van der Waals surface area contributed by atoms with Crippen LogP contribution in [0.5, 0.6) is 0 Å². The average molecular weight is 665 g/mol. The summed E-state index contributed by atoms with van der Waals surface area (Å²) in [5.74, 6) is 2.44. The van der Waals surface area contributed by atoms with Crippen molar-refractivity contribution in [2.45, 2.75) is 82.6 Å². The summed E-state index contributed by atoms with van der Waals surface area (Å²) >= 11 is 0. The lowest BCUT2D eigenvalue weighted by Gasteiger charge is -2.56. The van der Waals surface area contributed by atoms with Gasteiger partial charge in [-0.15, -0.1) is 0 Å². The molecule has 6 aliphatic rings. The first kappa shape index (κ1) is 32.9. The largest absolute Gasteiger partial charge is 0.392 e. The highest BCUT2D eigenvalue weighted by atomic mass is 16.7. The third-order valence-corrected chi connectivity index (χ3v) is 12.1. The number of urea groups is 1. The number of carbonyl (C=O) groups is 1. The van der Waals surface area contributed by atoms with Crippen LogP contribution in [0.15, 0.2) is 78.9 Å². The van der Waals surface area contributed by atoms with Crippen LogP contribution >= 0.6 is 0 Å². The van der Waals surface area contributed by atoms with Gasteiger partial charge >= 0.3 is 6.03 Å². The number of nitrogens with one attached hydrogen (secondary N) is 2. The summed E-state index contributed by atoms with van der Waals surface area (Å²) in [6.45, 7) is 8.11. The molecule has 0 spiro atoms. The Morgan fingerprint density at radius 3 is 2.14 bits per heavy atom. The second-order valence-electron chi connectivity index (χ2n) is 15.8. The van der Waals surface area contributed by atoms with Crippen molar-refractivity contribution in [1.82, 2.24) is 15.1 Å². The lowest BCUT2D eigenvalue weighted by Crippen LogP contribution is -2.60. The van der Waals surface area contributed by atoms with E-state index in [1.54, 1.807) is 0 Å². The number of carbonyl (C=O) groups excluding carboxylic acids is 1. The van der Waals surface area contributed by atoms with E-state index in [0.29, 0.717) is 0 Å². The van der Waals surface area contributed by atoms with Gasteiger partial charge in [-0.3, -0.25) is 9.80 Å². The predicted octanol–water partition coefficient (Wildman–Crippen LogP) is 6.88. The molecule has 2 amide bonds. The van der Waals surface area contributed by atoms with Gasteiger partial charge in [0.25, 0.3) is 0 Å². The smallest absolute Gasteiger partial charge is 0.319 e. The van der Waals surface area contributed by atoms with Gasteiger partial charge < -0.3 is 25.2 Å². The fourth-order valence-electron chi connectivity index (χ4n) is 9.98. The summed E-state index contributed by atoms with van der Waals surface area (Å²) in [5, 5.41) is 16.3. The van der Waals surface area contributed by atoms with Crippen LogP contribution in [0, 0.1) is 23.7 Å². The Morgan fingerprint density at radius 2 is 1.47 bits per heavy atom. The van der Waals surface area contributed by atoms with Gasteiger partial charge in [-0.05, 0) is 85.1 Å². The molecule has 2 heterocycles. The molecule has 6 fully saturated rings. The van der Waals surface area contributed by atoms with E-state index in [2.05, 4.69) is 69.8 Å². The van der Waals surface area contributed by atoms with E-state index in [1.165, 1.54) is 24.8 Å². The first-order chi connectivity index (χ1) is 23.9. The zero-order valence-electron chi connectivity index (χ0n) is 28.8. The van der Waals surface area contributed by atoms with Crippen molar-refractivity contribution >= 4 is 11.7 Å². The molecule has 4 aliphatic carbocycles. The zero-order chi connectivity index (χ0) is 33.4. The topological polar surface area (TPSA) is 86.3 Å². The Morgan fingerprint density at radius 1 is 0.796 bits per heavy atom. The molecule has 3 aromatic carbocycles. The summed E-state index contributed by atoms with van der Waals surface area (Å²) in [6, 6.07) is 26.7. The number of aliphatic hydroxyl groups is 1. The number of nitrogens with zero attached hydrogens (tertiary/aromatic N) is 2. The summed E-state index contributed by atoms with van der Waals surface area (Å²) in [4.78, 5) is 18.5. The van der Waals surface area contributed by atoms with E-state index >= 15 is 0 Å². The van der Waals surface area contributed by atoms with Crippen molar-refractivity contribution in [3.8, 4) is 0 Å². The second kappa shape index (κ2) is 14.2. The molecule has 2 saturated heterocycles. The molecule has 8 heteroatoms. The lowest BCUT2D eigenvalue weighted by molar-refractivity contribution is -0.276. The van der Waals surface area contributed by atoms with Crippen LogP contribution in [0.3, 0.4) is 0 Å². The molecule has 4 bridgehead atoms. The third kappa shape index (κ3) is 7.45. The van der Waals surface area contributed by atoms with Crippen LogP contribution in [0.25, 0.3) is 0 Å². The van der Waals surface area contributed by atoms with Crippen LogP contribution < -0.4 is 10.6 Å². The molecule has 9 rings (SSSR count). The fourth-order valence-corrected chi connectivity index (χ4v) is 9.98. The molecule has 4 unspecified atom stereocenters. The van der Waals surface area contributed by atoms with Crippen LogP contribution in [0.1, 0.15) is 80.1 Å². The Balaban J connectivity index is 0.952. The van der Waals surface area contributed by atoms with Gasteiger partial charge in [-0.1, -0.05) is 73.7 Å². The van der Waals surface area contributed by atoms with Crippen molar-refractivity contribution in [2.24, 2.45) is 23.7 Å². The SMILES string of the molecule is CC1C(CN2CCN(Cc3ccccc3)CC2)OC(c2cccc(NC(=O)NC34CC5CC(CC(C5)C3)C4)c2)OC1c1ccc(CO)cc1. The quantitative estimate of drug-likeness (QED) is 0.231. The summed E-state index contributed by atoms with van der Waals surface area (Å²) in [7, 11) is 0. The highest BCUT2D eigenvalue weighted by molar-refractivity contribution is 5.90. The number of hydrogen-bond acceptors (Lipinski definition) is 6. The molecule has 0 aromatic heterocycles. The maximum absolute atomic E-state index is 13.4. The molecular weight excluding hydrogens is 612 g/mol. The van der Waals surface area contributed by atoms with Gasteiger partial charge in [0.15, 0.2) is 6.29 Å². The van der Waals surface area contributed by atoms with Crippen LogP contribution in [-0.2, 0) is 22.6 Å². The van der Waals surface area contributed by atoms with Gasteiger partial charge in [0.05, 0.1) is 18.8 Å². The highest BCUT2D eigenvalue weighted by Crippen LogP contribution is 2.55. The summed E-state index contributed by atoms with van der Waals surface area (Å²) in [5.41, 5.74) is 4.93. The molecule has 4 atom stereocenters. The van der Waals surface area contributed by atoms with Crippen molar-refractivity contribution in [1.29, 1.82) is 0 Å². The van der Waals surface area contributed by atoms with Gasteiger partial charge in [0.1, 0.15) is 0 Å². The van der Waals surface area contributed by atoms with E-state index in [-0.39, 0.29) is 36.3 Å². The number of benzene rings is 3. The molecule has 49 heavy (non-hydrogen) atoms. The lowest BCUT2D eigenvalue weighted by atomic mass is 9.53. The molecule has 2 aliphatic heterocycles. The minimum atomic E-state index is -0.573. The maximum Gasteiger partial charge on any atom is 0.319 e. The molecule has 3 aromatic rings. The number of anilines is 1. The Hall–Kier alpha value is -3.27. The van der Waals surface area contributed by atoms with Gasteiger partial charge in [-0.25, -0.2) is 4.79 Å². The van der Waals surface area contributed by atoms with E-state index in [1.807, 2.05) is 36.4 Å². The van der Waals surface area contributed by atoms with Gasteiger partial charge in [-0.2, -0.15) is 0 Å². The minimum absolute atomic E-state index is 0.0161. The monoisotopic (exact) mass is 664 g/mol. The molecule has 0 radical (unpaired) electrons. The van der Waals surface area contributed by atoms with Crippen molar-refractivity contribution in [2.75, 3.05) is 38.0 Å². The molecular formula is C41H52N4O4. The molecule has 8 nitrogen and oxygen atoms in total. The van der Waals surface area contributed by atoms with Crippen LogP contribution in [0.4, 0.5) is 10.5 Å². The number of rotatable bonds is 9. The zero-order valence-corrected chi connectivity index (χ0v) is 28.8. The number of piperazine rings is 1. The first-order valence-electron chi connectivity index (χ1n) is 18.6. The second-order valence-corrected chi connectivity index (χ2v) is 15.8. The summed E-state index contributed by atoms with van der Waals surface area (Å²) in [6.07, 6.45) is 6.63. The van der Waals surface area contributed by atoms with E-state index < -0.39 is 6.29 Å². The third-order valence-electron chi connectivity index (χ3n) is 12.1. The van der Waals surface area contributed by atoms with Crippen molar-refractivity contribution in [3.63, 3.8) is 0 Å². The Bertz CT molecular complexity index is 1540. The summed E-state index contributed by atoms with van der Waals surface area (Å²) < 4.78 is 13.6. The van der Waals surface area contributed by atoms with Crippen LogP contribution in [0.2, 0.25) is 0 Å². The molecule has 4 saturated carbocycles. The highest BCUT2D eigenvalue weighted by Gasteiger charge is 2.51. The Kier molecular flexibility index (Phi) is 9.51. The van der Waals surface area contributed by atoms with E-state index in [9.17, 15) is 9.90 Å². The fraction of sp³-hybridized carbons (Fsp3) is 0.537. The number of aliphatic hydroxyl groups excluding tert-OH is 1. The normalized spacial score (nSPS) is 33.0. The predicted molar refractivity (Wildman–Crippen MR) is 191 cm³/mol. The first-order valence-corrected chi connectivity index (χ1v) is 18.6. The number of amides is 2. The number of ether oxygens (including phenoxy) is 2. The van der Waals surface area contributed by atoms with Crippen molar-refractivity contribution < 1.29 is 19.4 Å². The molecule has 260 valence electrons. The van der Waals surface area contributed by atoms with Gasteiger partial charge in [0, 0.05) is 62.0 Å². The van der Waals surface area contributed by atoms with E-state index in [0.717, 1.165) is 98.7 Å². The number of hydrogen-bond donors (Lipinski definition) is 3.